The maximum absolute atomic E-state index is 12.8. The lowest BCUT2D eigenvalue weighted by Gasteiger charge is -2.29. The van der Waals surface area contributed by atoms with Crippen molar-refractivity contribution in [2.45, 2.75) is 71.1 Å². The Kier molecular flexibility index (Phi) is 9.52. The molecule has 1 rings (SSSR count). The first-order valence-electron chi connectivity index (χ1n) is 10.2. The van der Waals surface area contributed by atoms with Gasteiger partial charge in [-0.2, -0.15) is 16.7 Å². The molecule has 0 aromatic carbocycles. The highest BCUT2D eigenvalue weighted by Crippen LogP contribution is 2.24. The topological polar surface area (TPSA) is 121 Å². The standard InChI is InChI=1S/C22H35N3O6S/c1-20(2,3)30-18(27)25(19(28)31-21(4,5)6)16-13-15(9-11-24-16)14-22(23,10-12-32-8)17(26)29-7/h9,11,13H,10,12,14,23H2,1-8H3. The van der Waals surface area contributed by atoms with Gasteiger partial charge in [0.1, 0.15) is 22.6 Å². The van der Waals surface area contributed by atoms with Crippen molar-refractivity contribution < 1.29 is 28.6 Å². The predicted octanol–water partition coefficient (Wildman–Crippen LogP) is 3.92. The zero-order valence-electron chi connectivity index (χ0n) is 20.2. The second kappa shape index (κ2) is 11.0. The SMILES string of the molecule is COC(=O)C(N)(CCSC)Cc1ccnc(N(C(=O)OC(C)(C)C)C(=O)OC(C)(C)C)c1. The maximum atomic E-state index is 12.8. The van der Waals surface area contributed by atoms with Crippen LogP contribution in [-0.4, -0.2) is 59.0 Å². The molecule has 0 radical (unpaired) electrons. The fourth-order valence-corrected chi connectivity index (χ4v) is 3.25. The molecule has 9 nitrogen and oxygen atoms in total. The highest BCUT2D eigenvalue weighted by atomic mass is 32.2. The van der Waals surface area contributed by atoms with Gasteiger partial charge in [0, 0.05) is 12.6 Å². The van der Waals surface area contributed by atoms with Crippen LogP contribution in [0.2, 0.25) is 0 Å². The Hall–Kier alpha value is -2.33. The van der Waals surface area contributed by atoms with Gasteiger partial charge in [0.25, 0.3) is 0 Å². The van der Waals surface area contributed by atoms with Gasteiger partial charge in [-0.1, -0.05) is 0 Å². The summed E-state index contributed by atoms with van der Waals surface area (Å²) in [6, 6.07) is 3.17. The number of pyridine rings is 1. The lowest BCUT2D eigenvalue weighted by Crippen LogP contribution is -2.51. The number of methoxy groups -OCH3 is 1. The van der Waals surface area contributed by atoms with E-state index in [2.05, 4.69) is 4.98 Å². The summed E-state index contributed by atoms with van der Waals surface area (Å²) in [5, 5.41) is 0. The van der Waals surface area contributed by atoms with Crippen molar-refractivity contribution >= 4 is 35.7 Å². The summed E-state index contributed by atoms with van der Waals surface area (Å²) < 4.78 is 15.7. The van der Waals surface area contributed by atoms with Gasteiger partial charge in [0.2, 0.25) is 0 Å². The average molecular weight is 470 g/mol. The van der Waals surface area contributed by atoms with Crippen LogP contribution in [0.15, 0.2) is 18.3 Å². The minimum absolute atomic E-state index is 0.00285. The number of thioether (sulfide) groups is 1. The number of imide groups is 1. The number of hydrogen-bond acceptors (Lipinski definition) is 9. The molecule has 10 heteroatoms. The number of anilines is 1. The second-order valence-corrected chi connectivity index (χ2v) is 10.4. The second-order valence-electron chi connectivity index (χ2n) is 9.39. The van der Waals surface area contributed by atoms with Crippen molar-refractivity contribution in [3.8, 4) is 0 Å². The number of carbonyl (C=O) groups is 3. The van der Waals surface area contributed by atoms with Gasteiger partial charge in [-0.15, -0.1) is 0 Å². The molecule has 0 saturated carbocycles. The molecule has 0 bridgehead atoms. The van der Waals surface area contributed by atoms with Gasteiger partial charge in [-0.3, -0.25) is 4.79 Å². The summed E-state index contributed by atoms with van der Waals surface area (Å²) in [7, 11) is 1.29. The number of rotatable bonds is 7. The molecule has 1 atom stereocenters. The Bertz CT molecular complexity index is 791. The first-order valence-corrected chi connectivity index (χ1v) is 11.6. The van der Waals surface area contributed by atoms with Gasteiger partial charge in [-0.05, 0) is 77.7 Å². The lowest BCUT2D eigenvalue weighted by molar-refractivity contribution is -0.147. The third-order valence-corrected chi connectivity index (χ3v) is 4.67. The van der Waals surface area contributed by atoms with Gasteiger partial charge >= 0.3 is 18.2 Å². The third kappa shape index (κ3) is 8.66. The molecule has 0 aliphatic heterocycles. The Morgan fingerprint density at radius 3 is 2.03 bits per heavy atom. The zero-order chi connectivity index (χ0) is 24.7. The van der Waals surface area contributed by atoms with Gasteiger partial charge < -0.3 is 19.9 Å². The summed E-state index contributed by atoms with van der Waals surface area (Å²) >= 11 is 1.56. The molecule has 0 fully saturated rings. The van der Waals surface area contributed by atoms with E-state index in [4.69, 9.17) is 19.9 Å². The van der Waals surface area contributed by atoms with E-state index in [0.29, 0.717) is 17.7 Å². The molecule has 0 saturated heterocycles. The summed E-state index contributed by atoms with van der Waals surface area (Å²) in [4.78, 5) is 42.9. The van der Waals surface area contributed by atoms with Crippen LogP contribution in [0, 0.1) is 0 Å². The van der Waals surface area contributed by atoms with Crippen molar-refractivity contribution in [3.63, 3.8) is 0 Å². The van der Waals surface area contributed by atoms with E-state index in [9.17, 15) is 14.4 Å². The number of hydrogen-bond donors (Lipinski definition) is 1. The molecule has 0 aliphatic carbocycles. The van der Waals surface area contributed by atoms with Crippen LogP contribution in [0.5, 0.6) is 0 Å². The molecule has 0 spiro atoms. The van der Waals surface area contributed by atoms with E-state index < -0.39 is 34.9 Å². The minimum atomic E-state index is -1.26. The van der Waals surface area contributed by atoms with Crippen molar-refractivity contribution in [2.24, 2.45) is 5.73 Å². The smallest absolute Gasteiger partial charge is 0.425 e. The summed E-state index contributed by atoms with van der Waals surface area (Å²) in [5.41, 5.74) is 4.02. The fraction of sp³-hybridized carbons (Fsp3) is 0.636. The van der Waals surface area contributed by atoms with Crippen LogP contribution in [0.3, 0.4) is 0 Å². The highest BCUT2D eigenvalue weighted by Gasteiger charge is 2.37. The van der Waals surface area contributed by atoms with Gasteiger partial charge in [0.15, 0.2) is 0 Å². The van der Waals surface area contributed by atoms with E-state index in [0.717, 1.165) is 4.90 Å². The van der Waals surface area contributed by atoms with Crippen molar-refractivity contribution in [1.82, 2.24) is 4.98 Å². The fourth-order valence-electron chi connectivity index (χ4n) is 2.68. The van der Waals surface area contributed by atoms with Crippen LogP contribution in [0.25, 0.3) is 0 Å². The van der Waals surface area contributed by atoms with Crippen molar-refractivity contribution in [1.29, 1.82) is 0 Å². The Balaban J connectivity index is 3.35. The first kappa shape index (κ1) is 27.7. The Labute approximate surface area is 194 Å². The number of aromatic nitrogens is 1. The van der Waals surface area contributed by atoms with Gasteiger partial charge in [0.05, 0.1) is 7.11 Å². The number of ether oxygens (including phenoxy) is 3. The quantitative estimate of drug-likeness (QED) is 0.467. The van der Waals surface area contributed by atoms with Crippen LogP contribution in [0.4, 0.5) is 15.4 Å². The molecular formula is C22H35N3O6S. The molecule has 180 valence electrons. The van der Waals surface area contributed by atoms with E-state index >= 15 is 0 Å². The molecule has 0 aliphatic rings. The van der Waals surface area contributed by atoms with E-state index in [1.165, 1.54) is 19.4 Å². The van der Waals surface area contributed by atoms with Crippen molar-refractivity contribution in [3.05, 3.63) is 23.9 Å². The van der Waals surface area contributed by atoms with Gasteiger partial charge in [-0.25, -0.2) is 14.6 Å². The van der Waals surface area contributed by atoms with Crippen LogP contribution >= 0.6 is 11.8 Å². The normalized spacial score (nSPS) is 13.7. The van der Waals surface area contributed by atoms with Crippen LogP contribution < -0.4 is 10.6 Å². The third-order valence-electron chi connectivity index (χ3n) is 4.05. The molecule has 2 amide bonds. The first-order chi connectivity index (χ1) is 14.6. The van der Waals surface area contributed by atoms with Crippen LogP contribution in [-0.2, 0) is 25.4 Å². The molecule has 1 heterocycles. The van der Waals surface area contributed by atoms with Crippen LogP contribution in [0.1, 0.15) is 53.5 Å². The molecular weight excluding hydrogens is 434 g/mol. The molecule has 1 aromatic rings. The predicted molar refractivity (Wildman–Crippen MR) is 125 cm³/mol. The number of carbonyl (C=O) groups excluding carboxylic acids is 3. The van der Waals surface area contributed by atoms with E-state index in [-0.39, 0.29) is 12.2 Å². The number of nitrogens with zero attached hydrogens (tertiary/aromatic N) is 2. The number of nitrogens with two attached hydrogens (primary N) is 1. The lowest BCUT2D eigenvalue weighted by atomic mass is 9.89. The average Bonchev–Trinajstić information content (AvgIpc) is 2.63. The van der Waals surface area contributed by atoms with E-state index in [1.807, 2.05) is 6.26 Å². The Morgan fingerprint density at radius 2 is 1.59 bits per heavy atom. The van der Waals surface area contributed by atoms with Crippen molar-refractivity contribution in [2.75, 3.05) is 24.0 Å². The molecule has 1 unspecified atom stereocenters. The van der Waals surface area contributed by atoms with E-state index in [1.54, 1.807) is 59.4 Å². The zero-order valence-corrected chi connectivity index (χ0v) is 21.0. The Morgan fingerprint density at radius 1 is 1.06 bits per heavy atom. The molecule has 32 heavy (non-hydrogen) atoms. The minimum Gasteiger partial charge on any atom is -0.468 e. The molecule has 2 N–H and O–H groups in total. The summed E-state index contributed by atoms with van der Waals surface area (Å²) in [6.07, 6.45) is 2.02. The highest BCUT2D eigenvalue weighted by molar-refractivity contribution is 7.98. The largest absolute Gasteiger partial charge is 0.468 e. The summed E-state index contributed by atoms with van der Waals surface area (Å²) in [6.45, 7) is 10.1. The monoisotopic (exact) mass is 469 g/mol. The number of amides is 2. The maximum Gasteiger partial charge on any atom is 0.425 e. The number of esters is 1. The molecule has 1 aromatic heterocycles. The summed E-state index contributed by atoms with van der Waals surface area (Å²) in [5.74, 6) is 0.120.